The fraction of sp³-hybridized carbons (Fsp3) is 0.905. The minimum atomic E-state index is 0. The van der Waals surface area contributed by atoms with Crippen molar-refractivity contribution in [3.05, 3.63) is 14.9 Å². The quantitative estimate of drug-likeness (QED) is 0.299. The Balaban J connectivity index is -0.000000522. The molecule has 0 aliphatic heterocycles. The molecule has 2 fully saturated rings. The Labute approximate surface area is 174 Å². The molecule has 2 nitrogen and oxygen atoms in total. The fourth-order valence-corrected chi connectivity index (χ4v) is 5.10. The van der Waals surface area contributed by atoms with E-state index in [1.807, 2.05) is 0 Å². The van der Waals surface area contributed by atoms with Crippen molar-refractivity contribution >= 4 is 11.8 Å². The zero-order valence-electron chi connectivity index (χ0n) is 17.5. The molecule has 154 valence electrons. The maximum Gasteiger partial charge on any atom is 2.00 e. The van der Waals surface area contributed by atoms with Crippen molar-refractivity contribution in [3.63, 3.8) is 0 Å². The van der Waals surface area contributed by atoms with Crippen LogP contribution in [0.15, 0.2) is 0 Å². The van der Waals surface area contributed by atoms with Gasteiger partial charge in [0.25, 0.3) is 0 Å². The van der Waals surface area contributed by atoms with E-state index in [2.05, 4.69) is 32.5 Å². The molecule has 0 bridgehead atoms. The summed E-state index contributed by atoms with van der Waals surface area (Å²) in [5, 5.41) is 9.47. The molecule has 2 atom stereocenters. The van der Waals surface area contributed by atoms with E-state index in [1.54, 1.807) is 0 Å². The van der Waals surface area contributed by atoms with E-state index in [4.69, 9.17) is 9.84 Å². The van der Waals surface area contributed by atoms with Crippen LogP contribution in [0, 0.1) is 20.8 Å². The number of thioether (sulfide) groups is 1. The monoisotopic (exact) mass is 416 g/mol. The molecule has 0 aromatic heterocycles. The zero-order chi connectivity index (χ0) is 16.3. The third kappa shape index (κ3) is 16.7. The van der Waals surface area contributed by atoms with Gasteiger partial charge in [0.2, 0.25) is 0 Å². The summed E-state index contributed by atoms with van der Waals surface area (Å²) in [5.41, 5.74) is 0. The van der Waals surface area contributed by atoms with Crippen LogP contribution in [0.3, 0.4) is 0 Å². The van der Waals surface area contributed by atoms with Gasteiger partial charge in [0.05, 0.1) is 13.2 Å². The molecule has 0 amide bonds. The van der Waals surface area contributed by atoms with Crippen molar-refractivity contribution < 1.29 is 26.9 Å². The van der Waals surface area contributed by atoms with Crippen molar-refractivity contribution in [1.29, 1.82) is 0 Å². The van der Waals surface area contributed by atoms with Crippen LogP contribution in [-0.2, 0) is 21.8 Å². The first-order valence-electron chi connectivity index (χ1n) is 9.39. The summed E-state index contributed by atoms with van der Waals surface area (Å²) in [6.45, 7) is 8.40. The van der Waals surface area contributed by atoms with Crippen molar-refractivity contribution in [2.24, 2.45) is 5.92 Å². The van der Waals surface area contributed by atoms with Gasteiger partial charge in [-0.05, 0) is 31.6 Å². The molecule has 2 unspecified atom stereocenters. The third-order valence-electron chi connectivity index (χ3n) is 4.44. The fourth-order valence-electron chi connectivity index (χ4n) is 3.44. The molecule has 2 aliphatic carbocycles. The minimum Gasteiger partial charge on any atom is -0.394 e. The molecule has 1 N–H and O–H groups in total. The van der Waals surface area contributed by atoms with Crippen molar-refractivity contribution in [2.75, 3.05) is 19.8 Å². The molecule has 0 aromatic carbocycles. The Morgan fingerprint density at radius 1 is 0.920 bits per heavy atom. The van der Waals surface area contributed by atoms with Gasteiger partial charge in [-0.1, -0.05) is 59.3 Å². The smallest absolute Gasteiger partial charge is 0.394 e. The van der Waals surface area contributed by atoms with E-state index in [1.165, 1.54) is 57.8 Å². The molecule has 4 heteroatoms. The predicted molar refractivity (Wildman–Crippen MR) is 112 cm³/mol. The zero-order valence-corrected chi connectivity index (χ0v) is 19.4. The summed E-state index contributed by atoms with van der Waals surface area (Å²) in [6, 6.07) is 0. The third-order valence-corrected chi connectivity index (χ3v) is 6.07. The number of ether oxygens (including phenoxy) is 1. The van der Waals surface area contributed by atoms with Gasteiger partial charge in [-0.15, -0.1) is 0 Å². The number of aliphatic hydroxyl groups excluding tert-OH is 1. The van der Waals surface area contributed by atoms with Gasteiger partial charge in [-0.3, -0.25) is 0 Å². The first-order chi connectivity index (χ1) is 10.5. The topological polar surface area (TPSA) is 29.5 Å². The SMILES string of the molecule is C1CCCC1.CC(C)(C)SC1CCCC1CCCOCCO.[CH3-].[CH3-].[Fe+2]. The van der Waals surface area contributed by atoms with Gasteiger partial charge in [0, 0.05) is 16.6 Å². The molecular formula is C21H44FeO2S. The van der Waals surface area contributed by atoms with E-state index < -0.39 is 0 Å². The molecule has 2 saturated carbocycles. The summed E-state index contributed by atoms with van der Waals surface area (Å²) in [4.78, 5) is 0. The molecule has 2 aliphatic rings. The second-order valence-electron chi connectivity index (χ2n) is 7.71. The molecule has 0 heterocycles. The normalized spacial score (nSPS) is 22.1. The number of hydrogen-bond donors (Lipinski definition) is 1. The Bertz CT molecular complexity index is 258. The van der Waals surface area contributed by atoms with Crippen molar-refractivity contribution in [2.45, 2.75) is 95.0 Å². The molecular weight excluding hydrogens is 372 g/mol. The van der Waals surface area contributed by atoms with Crippen LogP contribution in [0.4, 0.5) is 0 Å². The van der Waals surface area contributed by atoms with E-state index in [0.29, 0.717) is 11.4 Å². The van der Waals surface area contributed by atoms with Crippen LogP contribution < -0.4 is 0 Å². The van der Waals surface area contributed by atoms with E-state index in [9.17, 15) is 0 Å². The Kier molecular flexibility index (Phi) is 22.2. The second-order valence-corrected chi connectivity index (χ2v) is 9.77. The maximum absolute atomic E-state index is 8.62. The Morgan fingerprint density at radius 2 is 1.48 bits per heavy atom. The molecule has 0 saturated heterocycles. The van der Waals surface area contributed by atoms with Crippen molar-refractivity contribution in [1.82, 2.24) is 0 Å². The number of aliphatic hydroxyl groups is 1. The molecule has 0 spiro atoms. The summed E-state index contributed by atoms with van der Waals surface area (Å²) in [7, 11) is 0. The largest absolute Gasteiger partial charge is 2.00 e. The molecule has 0 radical (unpaired) electrons. The van der Waals surface area contributed by atoms with Crippen LogP contribution >= 0.6 is 11.8 Å². The van der Waals surface area contributed by atoms with Crippen LogP contribution in [0.5, 0.6) is 0 Å². The van der Waals surface area contributed by atoms with Gasteiger partial charge in [-0.25, -0.2) is 0 Å². The number of hydrogen-bond acceptors (Lipinski definition) is 3. The van der Waals surface area contributed by atoms with E-state index in [0.717, 1.165) is 24.2 Å². The van der Waals surface area contributed by atoms with Crippen LogP contribution in [0.1, 0.15) is 85.0 Å². The molecule has 2 rings (SSSR count). The first kappa shape index (κ1) is 30.5. The average Bonchev–Trinajstić information content (AvgIpc) is 3.12. The summed E-state index contributed by atoms with van der Waals surface area (Å²) in [5.74, 6) is 0.886. The first-order valence-corrected chi connectivity index (χ1v) is 10.3. The van der Waals surface area contributed by atoms with Gasteiger partial charge in [-0.2, -0.15) is 11.8 Å². The summed E-state index contributed by atoms with van der Waals surface area (Å²) < 4.78 is 5.71. The van der Waals surface area contributed by atoms with Crippen LogP contribution in [0.25, 0.3) is 0 Å². The average molecular weight is 416 g/mol. The van der Waals surface area contributed by atoms with Crippen molar-refractivity contribution in [3.8, 4) is 0 Å². The standard InChI is InChI=1S/C14H28O2S.C5H10.2CH3.Fe/c1-14(2,3)17-13-8-4-6-12(13)7-5-10-16-11-9-15;1-2-4-5-3-1;;;/h12-13,15H,4-11H2,1-3H3;1-5H2;2*1H3;/q;;2*-1;+2. The van der Waals surface area contributed by atoms with Gasteiger partial charge >= 0.3 is 17.1 Å². The van der Waals surface area contributed by atoms with Crippen LogP contribution in [0.2, 0.25) is 0 Å². The van der Waals surface area contributed by atoms with Gasteiger partial charge in [0.1, 0.15) is 0 Å². The Morgan fingerprint density at radius 3 is 1.96 bits per heavy atom. The summed E-state index contributed by atoms with van der Waals surface area (Å²) in [6.07, 6.45) is 14.1. The molecule has 0 aromatic rings. The van der Waals surface area contributed by atoms with Crippen LogP contribution in [-0.4, -0.2) is 34.9 Å². The maximum atomic E-state index is 8.62. The van der Waals surface area contributed by atoms with E-state index in [-0.39, 0.29) is 38.5 Å². The predicted octanol–water partition coefficient (Wildman–Crippen LogP) is 6.32. The Hall–Kier alpha value is 0.789. The van der Waals surface area contributed by atoms with Gasteiger partial charge < -0.3 is 24.7 Å². The van der Waals surface area contributed by atoms with Gasteiger partial charge in [0.15, 0.2) is 0 Å². The minimum absolute atomic E-state index is 0. The second kappa shape index (κ2) is 18.2. The van der Waals surface area contributed by atoms with E-state index >= 15 is 0 Å². The molecule has 25 heavy (non-hydrogen) atoms. The summed E-state index contributed by atoms with van der Waals surface area (Å²) >= 11 is 2.16. The number of rotatable bonds is 7.